The highest BCUT2D eigenvalue weighted by molar-refractivity contribution is 5.16. The van der Waals surface area contributed by atoms with E-state index in [1.807, 2.05) is 6.92 Å². The molecule has 2 unspecified atom stereocenters. The Labute approximate surface area is 118 Å². The Morgan fingerprint density at radius 1 is 1.25 bits per heavy atom. The zero-order chi connectivity index (χ0) is 13.5. The average Bonchev–Trinajstić information content (AvgIpc) is 3.03. The van der Waals surface area contributed by atoms with Crippen molar-refractivity contribution in [2.45, 2.75) is 32.2 Å². The zero-order valence-electron chi connectivity index (χ0n) is 11.6. The van der Waals surface area contributed by atoms with Crippen molar-refractivity contribution in [1.82, 2.24) is 19.9 Å². The van der Waals surface area contributed by atoms with Crippen LogP contribution in [0.3, 0.4) is 0 Å². The fraction of sp³-hybridized carbons (Fsp3) is 0.467. The number of fused-ring (bicyclic) bond motifs is 3. The van der Waals surface area contributed by atoms with Crippen LogP contribution in [0.4, 0.5) is 0 Å². The number of likely N-dealkylation sites (tertiary alicyclic amines) is 1. The number of hydrogen-bond donors (Lipinski definition) is 0. The molecule has 0 aliphatic carbocycles. The molecule has 0 amide bonds. The molecule has 0 bridgehead atoms. The SMILES string of the molecule is Cc1nnn2c1COC1CN(Cc3ccccc3)CC12. The minimum absolute atomic E-state index is 0.243. The summed E-state index contributed by atoms with van der Waals surface area (Å²) in [5, 5.41) is 8.48. The summed E-state index contributed by atoms with van der Waals surface area (Å²) in [5.74, 6) is 0. The predicted molar refractivity (Wildman–Crippen MR) is 74.1 cm³/mol. The fourth-order valence-corrected chi connectivity index (χ4v) is 3.22. The molecule has 1 aromatic heterocycles. The van der Waals surface area contributed by atoms with Crippen molar-refractivity contribution in [1.29, 1.82) is 0 Å². The summed E-state index contributed by atoms with van der Waals surface area (Å²) >= 11 is 0. The lowest BCUT2D eigenvalue weighted by Crippen LogP contribution is -2.32. The maximum Gasteiger partial charge on any atom is 0.0944 e. The van der Waals surface area contributed by atoms with E-state index in [-0.39, 0.29) is 6.10 Å². The number of ether oxygens (including phenoxy) is 1. The molecule has 1 fully saturated rings. The number of nitrogens with zero attached hydrogens (tertiary/aromatic N) is 4. The Morgan fingerprint density at radius 3 is 2.95 bits per heavy atom. The number of aryl methyl sites for hydroxylation is 1. The lowest BCUT2D eigenvalue weighted by molar-refractivity contribution is -0.00549. The Morgan fingerprint density at radius 2 is 2.10 bits per heavy atom. The van der Waals surface area contributed by atoms with Gasteiger partial charge in [-0.05, 0) is 12.5 Å². The van der Waals surface area contributed by atoms with E-state index in [0.717, 1.165) is 31.0 Å². The van der Waals surface area contributed by atoms with Gasteiger partial charge in [-0.1, -0.05) is 35.5 Å². The van der Waals surface area contributed by atoms with Gasteiger partial charge in [-0.2, -0.15) is 0 Å². The largest absolute Gasteiger partial charge is 0.368 e. The quantitative estimate of drug-likeness (QED) is 0.830. The summed E-state index contributed by atoms with van der Waals surface area (Å²) in [6.45, 7) is 5.56. The van der Waals surface area contributed by atoms with Crippen molar-refractivity contribution >= 4 is 0 Å². The molecule has 1 saturated heterocycles. The molecule has 20 heavy (non-hydrogen) atoms. The topological polar surface area (TPSA) is 43.2 Å². The van der Waals surface area contributed by atoms with Gasteiger partial charge in [0.05, 0.1) is 30.1 Å². The van der Waals surface area contributed by atoms with E-state index in [1.165, 1.54) is 5.56 Å². The predicted octanol–water partition coefficient (Wildman–Crippen LogP) is 1.54. The average molecular weight is 270 g/mol. The van der Waals surface area contributed by atoms with Gasteiger partial charge in [-0.25, -0.2) is 4.68 Å². The van der Waals surface area contributed by atoms with Crippen LogP contribution in [0.2, 0.25) is 0 Å². The molecule has 0 spiro atoms. The third kappa shape index (κ3) is 1.94. The van der Waals surface area contributed by atoms with Crippen molar-refractivity contribution in [3.05, 3.63) is 47.3 Å². The van der Waals surface area contributed by atoms with Crippen molar-refractivity contribution < 1.29 is 4.74 Å². The fourth-order valence-electron chi connectivity index (χ4n) is 3.22. The van der Waals surface area contributed by atoms with Crippen LogP contribution in [0, 0.1) is 6.92 Å². The van der Waals surface area contributed by atoms with Crippen LogP contribution in [0.15, 0.2) is 30.3 Å². The second-order valence-corrected chi connectivity index (χ2v) is 5.66. The molecule has 2 aliphatic rings. The van der Waals surface area contributed by atoms with Gasteiger partial charge < -0.3 is 4.74 Å². The van der Waals surface area contributed by atoms with Crippen molar-refractivity contribution in [3.8, 4) is 0 Å². The van der Waals surface area contributed by atoms with E-state index in [4.69, 9.17) is 4.74 Å². The monoisotopic (exact) mass is 270 g/mol. The zero-order valence-corrected chi connectivity index (χ0v) is 11.6. The van der Waals surface area contributed by atoms with Gasteiger partial charge in [0, 0.05) is 19.6 Å². The Balaban J connectivity index is 1.53. The third-order valence-electron chi connectivity index (χ3n) is 4.30. The summed E-state index contributed by atoms with van der Waals surface area (Å²) in [5.41, 5.74) is 3.47. The van der Waals surface area contributed by atoms with Crippen molar-refractivity contribution in [2.75, 3.05) is 13.1 Å². The lowest BCUT2D eigenvalue weighted by Gasteiger charge is -2.26. The van der Waals surface area contributed by atoms with Crippen LogP contribution in [0.25, 0.3) is 0 Å². The van der Waals surface area contributed by atoms with Crippen molar-refractivity contribution in [2.24, 2.45) is 0 Å². The van der Waals surface area contributed by atoms with Crippen LogP contribution in [-0.2, 0) is 17.9 Å². The summed E-state index contributed by atoms with van der Waals surface area (Å²) < 4.78 is 8.07. The first-order valence-corrected chi connectivity index (χ1v) is 7.10. The van der Waals surface area contributed by atoms with Gasteiger partial charge in [0.25, 0.3) is 0 Å². The van der Waals surface area contributed by atoms with Gasteiger partial charge in [0.1, 0.15) is 0 Å². The van der Waals surface area contributed by atoms with Crippen LogP contribution < -0.4 is 0 Å². The van der Waals surface area contributed by atoms with Crippen molar-refractivity contribution in [3.63, 3.8) is 0 Å². The molecular weight excluding hydrogens is 252 g/mol. The van der Waals surface area contributed by atoms with Crippen LogP contribution in [0.1, 0.15) is 23.0 Å². The smallest absolute Gasteiger partial charge is 0.0944 e. The third-order valence-corrected chi connectivity index (χ3v) is 4.30. The Hall–Kier alpha value is -1.72. The highest BCUT2D eigenvalue weighted by Gasteiger charge is 2.39. The van der Waals surface area contributed by atoms with E-state index in [2.05, 4.69) is 50.2 Å². The van der Waals surface area contributed by atoms with E-state index in [1.54, 1.807) is 0 Å². The first kappa shape index (κ1) is 12.1. The molecule has 0 N–H and O–H groups in total. The molecule has 0 radical (unpaired) electrons. The molecule has 2 aromatic rings. The summed E-state index contributed by atoms with van der Waals surface area (Å²) in [6, 6.07) is 10.9. The second kappa shape index (κ2) is 4.68. The first-order valence-electron chi connectivity index (χ1n) is 7.10. The summed E-state index contributed by atoms with van der Waals surface area (Å²) in [6.07, 6.45) is 0.243. The molecule has 3 heterocycles. The Bertz CT molecular complexity index is 610. The minimum atomic E-state index is 0.243. The van der Waals surface area contributed by atoms with Gasteiger partial charge in [-0.15, -0.1) is 5.10 Å². The van der Waals surface area contributed by atoms with Crippen LogP contribution in [0.5, 0.6) is 0 Å². The van der Waals surface area contributed by atoms with Crippen LogP contribution in [-0.4, -0.2) is 39.1 Å². The number of benzene rings is 1. The molecule has 5 heteroatoms. The molecule has 2 aliphatic heterocycles. The number of aromatic nitrogens is 3. The molecular formula is C15H18N4O. The second-order valence-electron chi connectivity index (χ2n) is 5.66. The first-order chi connectivity index (χ1) is 9.81. The van der Waals surface area contributed by atoms with Crippen LogP contribution >= 0.6 is 0 Å². The van der Waals surface area contributed by atoms with E-state index < -0.39 is 0 Å². The van der Waals surface area contributed by atoms with E-state index in [9.17, 15) is 0 Å². The van der Waals surface area contributed by atoms with Gasteiger partial charge in [0.15, 0.2) is 0 Å². The summed E-state index contributed by atoms with van der Waals surface area (Å²) in [4.78, 5) is 2.44. The molecule has 1 aromatic carbocycles. The Kier molecular flexibility index (Phi) is 2.82. The van der Waals surface area contributed by atoms with Gasteiger partial charge >= 0.3 is 0 Å². The summed E-state index contributed by atoms with van der Waals surface area (Å²) in [7, 11) is 0. The minimum Gasteiger partial charge on any atom is -0.368 e. The highest BCUT2D eigenvalue weighted by atomic mass is 16.5. The molecule has 5 nitrogen and oxygen atoms in total. The maximum absolute atomic E-state index is 5.99. The van der Waals surface area contributed by atoms with Gasteiger partial charge in [0.2, 0.25) is 0 Å². The van der Waals surface area contributed by atoms with E-state index in [0.29, 0.717) is 12.6 Å². The highest BCUT2D eigenvalue weighted by Crippen LogP contribution is 2.31. The van der Waals surface area contributed by atoms with Gasteiger partial charge in [-0.3, -0.25) is 4.90 Å². The molecule has 2 atom stereocenters. The standard InChI is InChI=1S/C15H18N4O/c1-11-14-10-20-15-9-18(7-12-5-3-2-4-6-12)8-13(15)19(14)17-16-11/h2-6,13,15H,7-10H2,1H3. The van der Waals surface area contributed by atoms with E-state index >= 15 is 0 Å². The number of hydrogen-bond acceptors (Lipinski definition) is 4. The maximum atomic E-state index is 5.99. The molecule has 0 saturated carbocycles. The lowest BCUT2D eigenvalue weighted by atomic mass is 10.1. The molecule has 104 valence electrons. The number of rotatable bonds is 2. The molecule has 4 rings (SSSR count). The normalized spacial score (nSPS) is 25.4.